The molecule has 0 spiro atoms. The summed E-state index contributed by atoms with van der Waals surface area (Å²) in [5.74, 6) is 0. The van der Waals surface area contributed by atoms with Crippen LogP contribution < -0.4 is 5.32 Å². The first-order valence-electron chi connectivity index (χ1n) is 5.67. The minimum absolute atomic E-state index is 0.0828. The summed E-state index contributed by atoms with van der Waals surface area (Å²) in [4.78, 5) is 0. The smallest absolute Gasteiger partial charge is 0.382 e. The van der Waals surface area contributed by atoms with E-state index in [1.54, 1.807) is 0 Å². The fraction of sp³-hybridized carbons (Fsp3) is 0.500. The van der Waals surface area contributed by atoms with Gasteiger partial charge in [0.25, 0.3) is 0 Å². The molecule has 1 fully saturated rings. The van der Waals surface area contributed by atoms with E-state index in [9.17, 15) is 13.2 Å². The van der Waals surface area contributed by atoms with Gasteiger partial charge in [-0.15, -0.1) is 0 Å². The summed E-state index contributed by atoms with van der Waals surface area (Å²) in [5.41, 5.74) is -0.328. The van der Waals surface area contributed by atoms with Gasteiger partial charge in [-0.2, -0.15) is 13.2 Å². The van der Waals surface area contributed by atoms with Crippen molar-refractivity contribution in [3.05, 3.63) is 28.8 Å². The van der Waals surface area contributed by atoms with Gasteiger partial charge in [-0.05, 0) is 31.0 Å². The van der Waals surface area contributed by atoms with Gasteiger partial charge >= 0.3 is 6.18 Å². The van der Waals surface area contributed by atoms with Crippen molar-refractivity contribution >= 4 is 17.3 Å². The predicted molar refractivity (Wildman–Crippen MR) is 63.9 cm³/mol. The molecule has 1 heterocycles. The third-order valence-corrected chi connectivity index (χ3v) is 3.04. The van der Waals surface area contributed by atoms with Gasteiger partial charge in [-0.3, -0.25) is 0 Å². The van der Waals surface area contributed by atoms with Crippen molar-refractivity contribution in [2.24, 2.45) is 0 Å². The standard InChI is InChI=1S/C12H13ClF3NO/c13-9-5-8(12(14,15)16)6-11(7-9)17-10-1-3-18-4-2-10/h5-7,10,17H,1-4H2. The van der Waals surface area contributed by atoms with Crippen LogP contribution >= 0.6 is 11.6 Å². The third kappa shape index (κ3) is 3.53. The molecule has 6 heteroatoms. The topological polar surface area (TPSA) is 21.3 Å². The Labute approximate surface area is 108 Å². The number of anilines is 1. The lowest BCUT2D eigenvalue weighted by Gasteiger charge is -2.24. The molecule has 0 aliphatic carbocycles. The van der Waals surface area contributed by atoms with Gasteiger partial charge in [0, 0.05) is 30.0 Å². The molecular weight excluding hydrogens is 267 g/mol. The molecule has 0 amide bonds. The lowest BCUT2D eigenvalue weighted by molar-refractivity contribution is -0.137. The van der Waals surface area contributed by atoms with Crippen LogP contribution in [0.1, 0.15) is 18.4 Å². The van der Waals surface area contributed by atoms with Gasteiger partial charge < -0.3 is 10.1 Å². The molecule has 1 saturated heterocycles. The third-order valence-electron chi connectivity index (χ3n) is 2.82. The van der Waals surface area contributed by atoms with E-state index in [-0.39, 0.29) is 11.1 Å². The van der Waals surface area contributed by atoms with Gasteiger partial charge in [0.15, 0.2) is 0 Å². The van der Waals surface area contributed by atoms with Crippen LogP contribution in [0.5, 0.6) is 0 Å². The largest absolute Gasteiger partial charge is 0.416 e. The van der Waals surface area contributed by atoms with E-state index in [4.69, 9.17) is 16.3 Å². The monoisotopic (exact) mass is 279 g/mol. The minimum atomic E-state index is -4.38. The molecular formula is C12H13ClF3NO. The van der Waals surface area contributed by atoms with Gasteiger partial charge in [-0.25, -0.2) is 0 Å². The van der Waals surface area contributed by atoms with E-state index in [2.05, 4.69) is 5.32 Å². The maximum Gasteiger partial charge on any atom is 0.416 e. The van der Waals surface area contributed by atoms with E-state index >= 15 is 0 Å². The van der Waals surface area contributed by atoms with Gasteiger partial charge in [0.1, 0.15) is 0 Å². The van der Waals surface area contributed by atoms with Crippen LogP contribution in [0, 0.1) is 0 Å². The van der Waals surface area contributed by atoms with E-state index in [0.29, 0.717) is 18.9 Å². The Morgan fingerprint density at radius 1 is 1.17 bits per heavy atom. The highest BCUT2D eigenvalue weighted by Gasteiger charge is 2.31. The van der Waals surface area contributed by atoms with Crippen LogP contribution in [0.15, 0.2) is 18.2 Å². The Kier molecular flexibility index (Phi) is 4.02. The van der Waals surface area contributed by atoms with Crippen LogP contribution in [0.25, 0.3) is 0 Å². The molecule has 2 nitrogen and oxygen atoms in total. The molecule has 1 aliphatic heterocycles. The number of alkyl halides is 3. The van der Waals surface area contributed by atoms with Crippen molar-refractivity contribution in [3.63, 3.8) is 0 Å². The highest BCUT2D eigenvalue weighted by Crippen LogP contribution is 2.33. The maximum atomic E-state index is 12.6. The number of nitrogens with one attached hydrogen (secondary N) is 1. The average molecular weight is 280 g/mol. The molecule has 1 aliphatic rings. The number of halogens is 4. The first kappa shape index (κ1) is 13.5. The molecule has 0 saturated carbocycles. The lowest BCUT2D eigenvalue weighted by Crippen LogP contribution is -2.27. The van der Waals surface area contributed by atoms with Gasteiger partial charge in [-0.1, -0.05) is 11.6 Å². The van der Waals surface area contributed by atoms with E-state index in [1.807, 2.05) is 0 Å². The molecule has 0 unspecified atom stereocenters. The summed E-state index contributed by atoms with van der Waals surface area (Å²) in [6.45, 7) is 1.26. The lowest BCUT2D eigenvalue weighted by atomic mass is 10.1. The molecule has 100 valence electrons. The number of benzene rings is 1. The fourth-order valence-corrected chi connectivity index (χ4v) is 2.15. The van der Waals surface area contributed by atoms with Crippen LogP contribution in [0.2, 0.25) is 5.02 Å². The zero-order valence-electron chi connectivity index (χ0n) is 9.56. The summed E-state index contributed by atoms with van der Waals surface area (Å²) in [7, 11) is 0. The molecule has 18 heavy (non-hydrogen) atoms. The van der Waals surface area contributed by atoms with Crippen molar-refractivity contribution < 1.29 is 17.9 Å². The average Bonchev–Trinajstić information content (AvgIpc) is 2.28. The summed E-state index contributed by atoms with van der Waals surface area (Å²) in [6.07, 6.45) is -2.81. The molecule has 1 aromatic carbocycles. The van der Waals surface area contributed by atoms with Crippen molar-refractivity contribution in [3.8, 4) is 0 Å². The Morgan fingerprint density at radius 3 is 2.44 bits per heavy atom. The Hall–Kier alpha value is -0.940. The Bertz CT molecular complexity index is 416. The second-order valence-electron chi connectivity index (χ2n) is 4.26. The molecule has 0 aromatic heterocycles. The van der Waals surface area contributed by atoms with Crippen LogP contribution in [-0.2, 0) is 10.9 Å². The number of hydrogen-bond donors (Lipinski definition) is 1. The summed E-state index contributed by atoms with van der Waals surface area (Å²) < 4.78 is 43.1. The van der Waals surface area contributed by atoms with E-state index in [1.165, 1.54) is 6.07 Å². The summed E-state index contributed by atoms with van der Waals surface area (Å²) in [6, 6.07) is 3.66. The normalized spacial score (nSPS) is 17.8. The fourth-order valence-electron chi connectivity index (χ4n) is 1.91. The molecule has 2 rings (SSSR count). The Morgan fingerprint density at radius 2 is 1.83 bits per heavy atom. The molecule has 0 atom stereocenters. The predicted octanol–water partition coefficient (Wildman–Crippen LogP) is 3.95. The molecule has 0 bridgehead atoms. The maximum absolute atomic E-state index is 12.6. The zero-order chi connectivity index (χ0) is 13.2. The highest BCUT2D eigenvalue weighted by molar-refractivity contribution is 6.30. The van der Waals surface area contributed by atoms with E-state index < -0.39 is 11.7 Å². The van der Waals surface area contributed by atoms with Crippen molar-refractivity contribution in [2.45, 2.75) is 25.1 Å². The SMILES string of the molecule is FC(F)(F)c1cc(Cl)cc(NC2CCOCC2)c1. The van der Waals surface area contributed by atoms with Gasteiger partial charge in [0.2, 0.25) is 0 Å². The van der Waals surface area contributed by atoms with Crippen LogP contribution in [-0.4, -0.2) is 19.3 Å². The Balaban J connectivity index is 2.14. The minimum Gasteiger partial charge on any atom is -0.382 e. The number of rotatable bonds is 2. The second kappa shape index (κ2) is 5.36. The van der Waals surface area contributed by atoms with Crippen molar-refractivity contribution in [2.75, 3.05) is 18.5 Å². The van der Waals surface area contributed by atoms with Crippen molar-refractivity contribution in [1.29, 1.82) is 0 Å². The van der Waals surface area contributed by atoms with Crippen molar-refractivity contribution in [1.82, 2.24) is 0 Å². The second-order valence-corrected chi connectivity index (χ2v) is 4.69. The molecule has 1 aromatic rings. The van der Waals surface area contributed by atoms with Crippen LogP contribution in [0.3, 0.4) is 0 Å². The zero-order valence-corrected chi connectivity index (χ0v) is 10.3. The van der Waals surface area contributed by atoms with Crippen LogP contribution in [0.4, 0.5) is 18.9 Å². The van der Waals surface area contributed by atoms with E-state index in [0.717, 1.165) is 25.0 Å². The first-order valence-corrected chi connectivity index (χ1v) is 6.05. The number of hydrogen-bond acceptors (Lipinski definition) is 2. The quantitative estimate of drug-likeness (QED) is 0.885. The number of ether oxygens (including phenoxy) is 1. The summed E-state index contributed by atoms with van der Waals surface area (Å²) >= 11 is 5.71. The molecule has 0 radical (unpaired) electrons. The molecule has 1 N–H and O–H groups in total. The van der Waals surface area contributed by atoms with Gasteiger partial charge in [0.05, 0.1) is 5.56 Å². The summed E-state index contributed by atoms with van der Waals surface area (Å²) in [5, 5.41) is 3.15. The highest BCUT2D eigenvalue weighted by atomic mass is 35.5. The first-order chi connectivity index (χ1) is 8.45.